The molecule has 0 fully saturated rings. The molecule has 4 N–H and O–H groups in total. The Balaban J connectivity index is 1.53. The van der Waals surface area contributed by atoms with Crippen LogP contribution in [0.4, 0.5) is 11.6 Å². The Morgan fingerprint density at radius 3 is 2.80 bits per heavy atom. The summed E-state index contributed by atoms with van der Waals surface area (Å²) in [5, 5.41) is 15.7. The number of methoxy groups -OCH3 is 1. The lowest BCUT2D eigenvalue weighted by Crippen LogP contribution is -2.17. The molecule has 2 aromatic carbocycles. The minimum atomic E-state index is -0.208. The Labute approximate surface area is 182 Å². The van der Waals surface area contributed by atoms with Crippen LogP contribution in [0.5, 0.6) is 5.75 Å². The Morgan fingerprint density at radius 2 is 2.07 bits per heavy atom. The first kappa shape index (κ1) is 21.5. The van der Waals surface area contributed by atoms with Gasteiger partial charge in [-0.1, -0.05) is 29.4 Å². The number of carbonyl (C=O) groups excluding carboxylic acids is 1. The molecular formula is C19H20ClN7O2S. The first-order valence-corrected chi connectivity index (χ1v) is 10.1. The molecule has 0 aliphatic heterocycles. The van der Waals surface area contributed by atoms with Gasteiger partial charge in [0.15, 0.2) is 0 Å². The van der Waals surface area contributed by atoms with Crippen LogP contribution in [0.1, 0.15) is 11.1 Å². The van der Waals surface area contributed by atoms with Gasteiger partial charge in [-0.15, -0.1) is 10.2 Å². The lowest BCUT2D eigenvalue weighted by Gasteiger charge is -2.08. The highest BCUT2D eigenvalue weighted by Crippen LogP contribution is 2.21. The summed E-state index contributed by atoms with van der Waals surface area (Å²) in [6.45, 7) is 1.89. The van der Waals surface area contributed by atoms with Crippen LogP contribution in [-0.2, 0) is 4.79 Å². The van der Waals surface area contributed by atoms with E-state index in [1.54, 1.807) is 25.5 Å². The molecule has 0 saturated carbocycles. The molecule has 1 heterocycles. The zero-order valence-electron chi connectivity index (χ0n) is 16.3. The Kier molecular flexibility index (Phi) is 7.15. The van der Waals surface area contributed by atoms with E-state index in [-0.39, 0.29) is 17.6 Å². The van der Waals surface area contributed by atoms with Crippen molar-refractivity contribution in [1.29, 1.82) is 0 Å². The fourth-order valence-electron chi connectivity index (χ4n) is 2.35. The van der Waals surface area contributed by atoms with E-state index in [9.17, 15) is 4.79 Å². The summed E-state index contributed by atoms with van der Waals surface area (Å²) in [7, 11) is 1.61. The highest BCUT2D eigenvalue weighted by Gasteiger charge is 2.12. The first-order chi connectivity index (χ1) is 14.5. The third-order valence-corrected chi connectivity index (χ3v) is 5.14. The second-order valence-corrected chi connectivity index (χ2v) is 7.49. The maximum absolute atomic E-state index is 12.2. The van der Waals surface area contributed by atoms with Gasteiger partial charge in [-0.3, -0.25) is 4.79 Å². The third kappa shape index (κ3) is 5.65. The summed E-state index contributed by atoms with van der Waals surface area (Å²) in [5.41, 5.74) is 5.18. The predicted molar refractivity (Wildman–Crippen MR) is 120 cm³/mol. The summed E-state index contributed by atoms with van der Waals surface area (Å²) in [6.07, 6.45) is 1.61. The van der Waals surface area contributed by atoms with E-state index in [0.29, 0.717) is 15.9 Å². The number of thioether (sulfide) groups is 1. The van der Waals surface area contributed by atoms with Crippen molar-refractivity contribution in [2.75, 3.05) is 29.4 Å². The number of rotatable bonds is 8. The van der Waals surface area contributed by atoms with E-state index in [1.807, 2.05) is 37.3 Å². The maximum Gasteiger partial charge on any atom is 0.264 e. The molecule has 0 atom stereocenters. The van der Waals surface area contributed by atoms with Gasteiger partial charge in [-0.2, -0.15) is 5.10 Å². The summed E-state index contributed by atoms with van der Waals surface area (Å²) >= 11 is 7.13. The predicted octanol–water partition coefficient (Wildman–Crippen LogP) is 3.14. The summed E-state index contributed by atoms with van der Waals surface area (Å²) in [4.78, 5) is 12.2. The highest BCUT2D eigenvalue weighted by atomic mass is 35.5. The van der Waals surface area contributed by atoms with Crippen LogP contribution in [-0.4, -0.2) is 39.9 Å². The first-order valence-electron chi connectivity index (χ1n) is 8.78. The van der Waals surface area contributed by atoms with Crippen LogP contribution in [0.15, 0.2) is 52.7 Å². The molecule has 0 bridgehead atoms. The van der Waals surface area contributed by atoms with Crippen molar-refractivity contribution in [3.8, 4) is 5.75 Å². The van der Waals surface area contributed by atoms with Crippen molar-refractivity contribution in [3.05, 3.63) is 58.6 Å². The summed E-state index contributed by atoms with van der Waals surface area (Å²) in [6, 6.07) is 12.7. The molecule has 3 rings (SSSR count). The van der Waals surface area contributed by atoms with Gasteiger partial charge in [-0.25, -0.2) is 10.1 Å². The number of hydrazone groups is 1. The van der Waals surface area contributed by atoms with Gasteiger partial charge in [0.1, 0.15) is 5.75 Å². The fraction of sp³-hybridized carbons (Fsp3) is 0.158. The number of carbonyl (C=O) groups is 1. The molecule has 0 unspecified atom stereocenters. The van der Waals surface area contributed by atoms with Gasteiger partial charge in [0.2, 0.25) is 11.1 Å². The van der Waals surface area contributed by atoms with Crippen LogP contribution in [0.3, 0.4) is 0 Å². The van der Waals surface area contributed by atoms with E-state index in [2.05, 4.69) is 26.0 Å². The number of halogens is 1. The van der Waals surface area contributed by atoms with E-state index >= 15 is 0 Å². The number of hydrogen-bond acceptors (Lipinski definition) is 8. The molecule has 156 valence electrons. The van der Waals surface area contributed by atoms with Crippen LogP contribution in [0.2, 0.25) is 5.02 Å². The lowest BCUT2D eigenvalue weighted by atomic mass is 10.2. The Morgan fingerprint density at radius 1 is 1.30 bits per heavy atom. The zero-order valence-corrected chi connectivity index (χ0v) is 17.9. The van der Waals surface area contributed by atoms with Crippen molar-refractivity contribution < 1.29 is 9.53 Å². The minimum Gasteiger partial charge on any atom is -0.497 e. The van der Waals surface area contributed by atoms with Crippen LogP contribution in [0.25, 0.3) is 0 Å². The molecule has 11 heteroatoms. The topological polar surface area (TPSA) is 119 Å². The molecule has 3 aromatic rings. The van der Waals surface area contributed by atoms with Gasteiger partial charge in [0.25, 0.3) is 5.95 Å². The number of anilines is 2. The van der Waals surface area contributed by atoms with Crippen LogP contribution >= 0.6 is 23.4 Å². The molecule has 0 aliphatic carbocycles. The smallest absolute Gasteiger partial charge is 0.264 e. The Hall–Kier alpha value is -3.24. The minimum absolute atomic E-state index is 0.108. The zero-order chi connectivity index (χ0) is 21.5. The molecule has 0 spiro atoms. The quantitative estimate of drug-likeness (QED) is 0.211. The molecule has 1 aromatic heterocycles. The summed E-state index contributed by atoms with van der Waals surface area (Å²) in [5.74, 6) is 6.88. The maximum atomic E-state index is 12.2. The molecular weight excluding hydrogens is 426 g/mol. The Bertz CT molecular complexity index is 1050. The van der Waals surface area contributed by atoms with Crippen LogP contribution in [0, 0.1) is 6.92 Å². The van der Waals surface area contributed by atoms with Gasteiger partial charge in [0.05, 0.1) is 19.1 Å². The standard InChI is InChI=1S/C19H20ClN7O2S/c1-12-3-6-14(20)9-16(12)23-17(28)11-30-19-26-25-18(27(19)21)24-22-10-13-4-7-15(29-2)8-5-13/h3-10H,11,21H2,1-2H3,(H,23,28)(H,24,25)/b22-10+. The van der Waals surface area contributed by atoms with E-state index in [1.165, 1.54) is 4.68 Å². The average molecular weight is 446 g/mol. The number of nitrogens with zero attached hydrogens (tertiary/aromatic N) is 4. The number of hydrogen-bond donors (Lipinski definition) is 3. The molecule has 9 nitrogen and oxygen atoms in total. The molecule has 0 aliphatic rings. The van der Waals surface area contributed by atoms with Crippen molar-refractivity contribution >= 4 is 47.1 Å². The fourth-order valence-corrected chi connectivity index (χ4v) is 3.18. The van der Waals surface area contributed by atoms with Crippen molar-refractivity contribution in [1.82, 2.24) is 14.9 Å². The van der Waals surface area contributed by atoms with Crippen molar-refractivity contribution in [2.45, 2.75) is 12.1 Å². The van der Waals surface area contributed by atoms with Gasteiger partial charge in [-0.05, 0) is 54.4 Å². The van der Waals surface area contributed by atoms with E-state index in [4.69, 9.17) is 22.2 Å². The summed E-state index contributed by atoms with van der Waals surface area (Å²) < 4.78 is 6.34. The average Bonchev–Trinajstić information content (AvgIpc) is 3.09. The second kappa shape index (κ2) is 9.99. The number of benzene rings is 2. The second-order valence-electron chi connectivity index (χ2n) is 6.12. The van der Waals surface area contributed by atoms with E-state index in [0.717, 1.165) is 28.6 Å². The lowest BCUT2D eigenvalue weighted by molar-refractivity contribution is -0.113. The number of amides is 1. The largest absolute Gasteiger partial charge is 0.497 e. The van der Waals surface area contributed by atoms with Gasteiger partial charge < -0.3 is 15.9 Å². The normalized spacial score (nSPS) is 10.9. The molecule has 30 heavy (non-hydrogen) atoms. The number of nitrogens with one attached hydrogen (secondary N) is 2. The van der Waals surface area contributed by atoms with E-state index < -0.39 is 0 Å². The number of nitrogen functional groups attached to an aromatic ring is 1. The third-order valence-electron chi connectivity index (χ3n) is 3.96. The van der Waals surface area contributed by atoms with Gasteiger partial charge in [0, 0.05) is 10.7 Å². The molecule has 0 radical (unpaired) electrons. The highest BCUT2D eigenvalue weighted by molar-refractivity contribution is 7.99. The van der Waals surface area contributed by atoms with Gasteiger partial charge >= 0.3 is 0 Å². The van der Waals surface area contributed by atoms with Crippen molar-refractivity contribution in [2.24, 2.45) is 5.10 Å². The molecule has 0 saturated heterocycles. The monoisotopic (exact) mass is 445 g/mol. The van der Waals surface area contributed by atoms with Crippen LogP contribution < -0.4 is 21.3 Å². The number of aryl methyl sites for hydroxylation is 1. The number of aromatic nitrogens is 3. The number of nitrogens with two attached hydrogens (primary N) is 1. The SMILES string of the molecule is COc1ccc(/C=N/Nc2nnc(SCC(=O)Nc3cc(Cl)ccc3C)n2N)cc1. The van der Waals surface area contributed by atoms with Crippen molar-refractivity contribution in [3.63, 3.8) is 0 Å². The molecule has 1 amide bonds. The number of ether oxygens (including phenoxy) is 1.